The van der Waals surface area contributed by atoms with Gasteiger partial charge in [-0.25, -0.2) is 0 Å². The number of aliphatic hydroxyl groups excluding tert-OH is 1. The lowest BCUT2D eigenvalue weighted by Gasteiger charge is -2.14. The smallest absolute Gasteiger partial charge is 0.302 e. The van der Waals surface area contributed by atoms with Crippen molar-refractivity contribution in [1.82, 2.24) is 0 Å². The Bertz CT molecular complexity index is 134. The van der Waals surface area contributed by atoms with Gasteiger partial charge in [0.25, 0.3) is 0 Å². The summed E-state index contributed by atoms with van der Waals surface area (Å²) in [5, 5.41) is 8.75. The van der Waals surface area contributed by atoms with E-state index >= 15 is 0 Å². The normalized spacial score (nSPS) is 15.3. The molecule has 0 aliphatic rings. The zero-order valence-electron chi connectivity index (χ0n) is 8.04. The van der Waals surface area contributed by atoms with Crippen LogP contribution in [0.5, 0.6) is 0 Å². The number of aliphatic hydroxyl groups is 1. The zero-order valence-corrected chi connectivity index (χ0v) is 8.04. The van der Waals surface area contributed by atoms with Gasteiger partial charge in [0.05, 0.1) is 6.61 Å². The summed E-state index contributed by atoms with van der Waals surface area (Å²) in [5.41, 5.74) is 0. The lowest BCUT2D eigenvalue weighted by atomic mass is 9.99. The van der Waals surface area contributed by atoms with Crippen molar-refractivity contribution >= 4 is 5.97 Å². The summed E-state index contributed by atoms with van der Waals surface area (Å²) in [6, 6.07) is 0. The van der Waals surface area contributed by atoms with Gasteiger partial charge in [-0.3, -0.25) is 4.79 Å². The van der Waals surface area contributed by atoms with Gasteiger partial charge in [0.2, 0.25) is 0 Å². The fraction of sp³-hybridized carbons (Fsp3) is 0.889. The quantitative estimate of drug-likeness (QED) is 0.637. The van der Waals surface area contributed by atoms with Gasteiger partial charge in [-0.05, 0) is 18.3 Å². The molecule has 0 bridgehead atoms. The SMILES string of the molecule is CC(=O)OC[C@@H](C)C[C@@H](C)CO. The molecule has 2 atom stereocenters. The van der Waals surface area contributed by atoms with Crippen molar-refractivity contribution in [2.45, 2.75) is 27.2 Å². The lowest BCUT2D eigenvalue weighted by molar-refractivity contribution is -0.142. The van der Waals surface area contributed by atoms with Crippen LogP contribution in [0.1, 0.15) is 27.2 Å². The topological polar surface area (TPSA) is 46.5 Å². The maximum absolute atomic E-state index is 10.4. The maximum Gasteiger partial charge on any atom is 0.302 e. The Balaban J connectivity index is 3.45. The van der Waals surface area contributed by atoms with Gasteiger partial charge in [0.1, 0.15) is 0 Å². The van der Waals surface area contributed by atoms with Crippen molar-refractivity contribution in [3.05, 3.63) is 0 Å². The first-order chi connectivity index (χ1) is 5.56. The number of ether oxygens (including phenoxy) is 1. The third kappa shape index (κ3) is 6.16. The fourth-order valence-electron chi connectivity index (χ4n) is 1.09. The first kappa shape index (κ1) is 11.4. The summed E-state index contributed by atoms with van der Waals surface area (Å²) in [5.74, 6) is 0.380. The Kier molecular flexibility index (Phi) is 5.72. The summed E-state index contributed by atoms with van der Waals surface area (Å²) in [6.07, 6.45) is 0.893. The zero-order chi connectivity index (χ0) is 9.56. The molecule has 0 unspecified atom stereocenters. The van der Waals surface area contributed by atoms with Crippen molar-refractivity contribution in [1.29, 1.82) is 0 Å². The van der Waals surface area contributed by atoms with Crippen LogP contribution in [0.4, 0.5) is 0 Å². The minimum Gasteiger partial charge on any atom is -0.466 e. The first-order valence-corrected chi connectivity index (χ1v) is 4.30. The van der Waals surface area contributed by atoms with Gasteiger partial charge in [0, 0.05) is 13.5 Å². The molecule has 0 aromatic heterocycles. The molecule has 0 aliphatic heterocycles. The third-order valence-electron chi connectivity index (χ3n) is 1.69. The molecule has 0 fully saturated rings. The molecular weight excluding hydrogens is 156 g/mol. The van der Waals surface area contributed by atoms with Gasteiger partial charge in [-0.1, -0.05) is 13.8 Å². The van der Waals surface area contributed by atoms with E-state index in [2.05, 4.69) is 0 Å². The maximum atomic E-state index is 10.4. The number of hydrogen-bond donors (Lipinski definition) is 1. The molecule has 3 nitrogen and oxygen atoms in total. The average Bonchev–Trinajstić information content (AvgIpc) is 2.00. The van der Waals surface area contributed by atoms with Crippen molar-refractivity contribution in [2.75, 3.05) is 13.2 Å². The Morgan fingerprint density at radius 2 is 2.00 bits per heavy atom. The second-order valence-electron chi connectivity index (χ2n) is 3.43. The third-order valence-corrected chi connectivity index (χ3v) is 1.69. The molecule has 0 saturated heterocycles. The number of rotatable bonds is 5. The van der Waals surface area contributed by atoms with E-state index in [-0.39, 0.29) is 18.5 Å². The van der Waals surface area contributed by atoms with Gasteiger partial charge in [-0.2, -0.15) is 0 Å². The van der Waals surface area contributed by atoms with Crippen molar-refractivity contribution < 1.29 is 14.6 Å². The van der Waals surface area contributed by atoms with Crippen LogP contribution in [0.3, 0.4) is 0 Å². The van der Waals surface area contributed by atoms with Crippen LogP contribution in [0.25, 0.3) is 0 Å². The Morgan fingerprint density at radius 1 is 1.42 bits per heavy atom. The van der Waals surface area contributed by atoms with Crippen molar-refractivity contribution in [3.63, 3.8) is 0 Å². The first-order valence-electron chi connectivity index (χ1n) is 4.30. The molecule has 72 valence electrons. The molecule has 0 aliphatic carbocycles. The Labute approximate surface area is 73.7 Å². The van der Waals surface area contributed by atoms with E-state index in [4.69, 9.17) is 9.84 Å². The average molecular weight is 174 g/mol. The van der Waals surface area contributed by atoms with Crippen molar-refractivity contribution in [2.24, 2.45) is 11.8 Å². The van der Waals surface area contributed by atoms with Gasteiger partial charge in [0.15, 0.2) is 0 Å². The highest BCUT2D eigenvalue weighted by atomic mass is 16.5. The molecule has 0 heterocycles. The van der Waals surface area contributed by atoms with E-state index in [9.17, 15) is 4.79 Å². The summed E-state index contributed by atoms with van der Waals surface area (Å²) >= 11 is 0. The second kappa shape index (κ2) is 6.00. The summed E-state index contributed by atoms with van der Waals surface area (Å²) in [4.78, 5) is 10.4. The number of hydrogen-bond acceptors (Lipinski definition) is 3. The van der Waals surface area contributed by atoms with Crippen LogP contribution < -0.4 is 0 Å². The van der Waals surface area contributed by atoms with E-state index in [0.717, 1.165) is 6.42 Å². The van der Waals surface area contributed by atoms with Gasteiger partial charge in [-0.15, -0.1) is 0 Å². The number of esters is 1. The van der Waals surface area contributed by atoms with E-state index in [1.165, 1.54) is 6.92 Å². The Hall–Kier alpha value is -0.570. The predicted molar refractivity (Wildman–Crippen MR) is 46.7 cm³/mol. The van der Waals surface area contributed by atoms with E-state index < -0.39 is 0 Å². The summed E-state index contributed by atoms with van der Waals surface area (Å²) in [7, 11) is 0. The predicted octanol–water partition coefficient (Wildman–Crippen LogP) is 1.20. The molecule has 0 aromatic rings. The van der Waals surface area contributed by atoms with Gasteiger partial charge < -0.3 is 9.84 Å². The van der Waals surface area contributed by atoms with Crippen LogP contribution in [0.2, 0.25) is 0 Å². The van der Waals surface area contributed by atoms with E-state index in [1.807, 2.05) is 13.8 Å². The van der Waals surface area contributed by atoms with Crippen LogP contribution in [-0.2, 0) is 9.53 Å². The molecule has 3 heteroatoms. The molecular formula is C9H18O3. The van der Waals surface area contributed by atoms with E-state index in [1.54, 1.807) is 0 Å². The monoisotopic (exact) mass is 174 g/mol. The molecule has 0 amide bonds. The standard InChI is InChI=1S/C9H18O3/c1-7(5-10)4-8(2)6-12-9(3)11/h7-8,10H,4-6H2,1-3H3/t7-,8+/m1/s1. The molecule has 12 heavy (non-hydrogen) atoms. The largest absolute Gasteiger partial charge is 0.466 e. The minimum atomic E-state index is -0.237. The molecule has 0 aromatic carbocycles. The van der Waals surface area contributed by atoms with Crippen LogP contribution >= 0.6 is 0 Å². The van der Waals surface area contributed by atoms with Crippen LogP contribution in [0, 0.1) is 11.8 Å². The molecule has 0 spiro atoms. The molecule has 0 saturated carbocycles. The summed E-state index contributed by atoms with van der Waals surface area (Å²) in [6.45, 7) is 6.05. The summed E-state index contributed by atoms with van der Waals surface area (Å²) < 4.78 is 4.83. The highest BCUT2D eigenvalue weighted by Gasteiger charge is 2.08. The molecule has 0 radical (unpaired) electrons. The van der Waals surface area contributed by atoms with Crippen molar-refractivity contribution in [3.8, 4) is 0 Å². The second-order valence-corrected chi connectivity index (χ2v) is 3.43. The highest BCUT2D eigenvalue weighted by molar-refractivity contribution is 5.65. The van der Waals surface area contributed by atoms with Crippen LogP contribution in [0.15, 0.2) is 0 Å². The fourth-order valence-corrected chi connectivity index (χ4v) is 1.09. The molecule has 1 N–H and O–H groups in total. The van der Waals surface area contributed by atoms with E-state index in [0.29, 0.717) is 12.5 Å². The van der Waals surface area contributed by atoms with Crippen LogP contribution in [-0.4, -0.2) is 24.3 Å². The van der Waals surface area contributed by atoms with Gasteiger partial charge >= 0.3 is 5.97 Å². The minimum absolute atomic E-state index is 0.199. The number of carbonyl (C=O) groups is 1. The lowest BCUT2D eigenvalue weighted by Crippen LogP contribution is -2.14. The molecule has 0 rings (SSSR count). The Morgan fingerprint density at radius 3 is 2.42 bits per heavy atom. The number of carbonyl (C=O) groups excluding carboxylic acids is 1. The highest BCUT2D eigenvalue weighted by Crippen LogP contribution is 2.11.